The van der Waals surface area contributed by atoms with Crippen molar-refractivity contribution in [3.63, 3.8) is 0 Å². The van der Waals surface area contributed by atoms with Gasteiger partial charge in [0.25, 0.3) is 0 Å². The van der Waals surface area contributed by atoms with Crippen LogP contribution in [0.5, 0.6) is 0 Å². The van der Waals surface area contributed by atoms with Gasteiger partial charge in [-0.3, -0.25) is 10.1 Å². The molecular weight excluding hydrogens is 264 g/mol. The molecule has 124 valence electrons. The Morgan fingerprint density at radius 1 is 1.19 bits per heavy atom. The van der Waals surface area contributed by atoms with E-state index < -0.39 is 0 Å². The van der Waals surface area contributed by atoms with Gasteiger partial charge in [0.05, 0.1) is 12.2 Å². The standard InChI is InChI=1S/C17H34N2O2/c1-5-7-11-21-12-8-10-19-16(13-14(3)4)18-15(9-6-2)17(19)20/h14-16,18H,5-13H2,1-4H3. The van der Waals surface area contributed by atoms with Crippen molar-refractivity contribution in [2.24, 2.45) is 5.92 Å². The molecule has 0 spiro atoms. The van der Waals surface area contributed by atoms with Crippen LogP contribution in [-0.4, -0.2) is 42.8 Å². The van der Waals surface area contributed by atoms with Crippen LogP contribution in [0, 0.1) is 5.92 Å². The molecule has 0 aromatic heterocycles. The highest BCUT2D eigenvalue weighted by Gasteiger charge is 2.37. The van der Waals surface area contributed by atoms with E-state index in [1.54, 1.807) is 0 Å². The smallest absolute Gasteiger partial charge is 0.241 e. The number of hydrogen-bond donors (Lipinski definition) is 1. The number of rotatable bonds is 11. The van der Waals surface area contributed by atoms with Crippen LogP contribution in [0.25, 0.3) is 0 Å². The van der Waals surface area contributed by atoms with E-state index in [4.69, 9.17) is 4.74 Å². The molecule has 4 heteroatoms. The van der Waals surface area contributed by atoms with Crippen LogP contribution in [0.15, 0.2) is 0 Å². The van der Waals surface area contributed by atoms with Gasteiger partial charge in [-0.1, -0.05) is 40.5 Å². The van der Waals surface area contributed by atoms with Crippen molar-refractivity contribution >= 4 is 5.91 Å². The van der Waals surface area contributed by atoms with E-state index in [1.165, 1.54) is 6.42 Å². The van der Waals surface area contributed by atoms with Crippen LogP contribution >= 0.6 is 0 Å². The zero-order valence-electron chi connectivity index (χ0n) is 14.4. The Kier molecular flexibility index (Phi) is 8.93. The Bertz CT molecular complexity index is 295. The molecule has 1 amide bonds. The average Bonchev–Trinajstić information content (AvgIpc) is 2.71. The van der Waals surface area contributed by atoms with Gasteiger partial charge >= 0.3 is 0 Å². The first kappa shape index (κ1) is 18.4. The second-order valence-corrected chi connectivity index (χ2v) is 6.50. The lowest BCUT2D eigenvalue weighted by molar-refractivity contribution is -0.130. The average molecular weight is 298 g/mol. The number of carbonyl (C=O) groups is 1. The molecule has 21 heavy (non-hydrogen) atoms. The monoisotopic (exact) mass is 298 g/mol. The highest BCUT2D eigenvalue weighted by atomic mass is 16.5. The molecule has 1 N–H and O–H groups in total. The number of nitrogens with zero attached hydrogens (tertiary/aromatic N) is 1. The minimum absolute atomic E-state index is 0.0276. The van der Waals surface area contributed by atoms with Crippen molar-refractivity contribution in [2.45, 2.75) is 78.4 Å². The third kappa shape index (κ3) is 6.35. The summed E-state index contributed by atoms with van der Waals surface area (Å²) in [5.74, 6) is 0.884. The molecule has 0 saturated carbocycles. The maximum atomic E-state index is 12.5. The quantitative estimate of drug-likeness (QED) is 0.596. The van der Waals surface area contributed by atoms with Gasteiger partial charge in [-0.05, 0) is 31.6 Å². The van der Waals surface area contributed by atoms with E-state index in [0.29, 0.717) is 5.92 Å². The van der Waals surface area contributed by atoms with Crippen LogP contribution in [0.1, 0.15) is 66.2 Å². The zero-order chi connectivity index (χ0) is 15.7. The first-order valence-corrected chi connectivity index (χ1v) is 8.74. The van der Waals surface area contributed by atoms with E-state index in [0.717, 1.165) is 51.9 Å². The van der Waals surface area contributed by atoms with Gasteiger partial charge in [-0.2, -0.15) is 0 Å². The molecule has 1 rings (SSSR count). The summed E-state index contributed by atoms with van der Waals surface area (Å²) >= 11 is 0. The molecule has 4 nitrogen and oxygen atoms in total. The first-order chi connectivity index (χ1) is 10.1. The lowest BCUT2D eigenvalue weighted by atomic mass is 10.1. The lowest BCUT2D eigenvalue weighted by Gasteiger charge is -2.25. The Labute approximate surface area is 130 Å². The minimum Gasteiger partial charge on any atom is -0.381 e. The van der Waals surface area contributed by atoms with Gasteiger partial charge in [0.15, 0.2) is 0 Å². The summed E-state index contributed by atoms with van der Waals surface area (Å²) in [7, 11) is 0. The van der Waals surface area contributed by atoms with Crippen molar-refractivity contribution in [3.05, 3.63) is 0 Å². The van der Waals surface area contributed by atoms with Crippen molar-refractivity contribution < 1.29 is 9.53 Å². The highest BCUT2D eigenvalue weighted by Crippen LogP contribution is 2.20. The number of amides is 1. The van der Waals surface area contributed by atoms with Gasteiger partial charge < -0.3 is 9.64 Å². The molecule has 0 bridgehead atoms. The van der Waals surface area contributed by atoms with Gasteiger partial charge in [0, 0.05) is 19.8 Å². The van der Waals surface area contributed by atoms with Gasteiger partial charge in [-0.25, -0.2) is 0 Å². The predicted octanol–water partition coefficient (Wildman–Crippen LogP) is 3.17. The summed E-state index contributed by atoms with van der Waals surface area (Å²) in [5, 5.41) is 3.52. The molecule has 2 unspecified atom stereocenters. The molecule has 2 atom stereocenters. The number of ether oxygens (including phenoxy) is 1. The SMILES string of the molecule is CCCCOCCCN1C(=O)C(CCC)NC1CC(C)C. The molecule has 0 aliphatic carbocycles. The van der Waals surface area contributed by atoms with E-state index in [2.05, 4.69) is 33.0 Å². The zero-order valence-corrected chi connectivity index (χ0v) is 14.4. The van der Waals surface area contributed by atoms with Crippen LogP contribution in [0.2, 0.25) is 0 Å². The Morgan fingerprint density at radius 2 is 1.90 bits per heavy atom. The predicted molar refractivity (Wildman–Crippen MR) is 87.1 cm³/mol. The fourth-order valence-corrected chi connectivity index (χ4v) is 2.84. The van der Waals surface area contributed by atoms with E-state index >= 15 is 0 Å². The molecule has 1 aliphatic heterocycles. The maximum absolute atomic E-state index is 12.5. The normalized spacial score (nSPS) is 22.5. The summed E-state index contributed by atoms with van der Waals surface area (Å²) in [5.41, 5.74) is 0. The molecule has 1 aliphatic rings. The first-order valence-electron chi connectivity index (χ1n) is 8.74. The van der Waals surface area contributed by atoms with Gasteiger partial charge in [0.2, 0.25) is 5.91 Å². The van der Waals surface area contributed by atoms with Crippen LogP contribution in [0.4, 0.5) is 0 Å². The fourth-order valence-electron chi connectivity index (χ4n) is 2.84. The summed E-state index contributed by atoms with van der Waals surface area (Å²) < 4.78 is 5.60. The van der Waals surface area contributed by atoms with E-state index in [-0.39, 0.29) is 18.1 Å². The highest BCUT2D eigenvalue weighted by molar-refractivity contribution is 5.84. The fraction of sp³-hybridized carbons (Fsp3) is 0.941. The van der Waals surface area contributed by atoms with Crippen molar-refractivity contribution in [1.29, 1.82) is 0 Å². The van der Waals surface area contributed by atoms with Crippen LogP contribution in [-0.2, 0) is 9.53 Å². The maximum Gasteiger partial charge on any atom is 0.241 e. The third-order valence-electron chi connectivity index (χ3n) is 3.95. The molecule has 0 aromatic carbocycles. The van der Waals surface area contributed by atoms with Crippen LogP contribution in [0.3, 0.4) is 0 Å². The summed E-state index contributed by atoms with van der Waals surface area (Å²) in [6.07, 6.45) is 6.46. The second-order valence-electron chi connectivity index (χ2n) is 6.50. The topological polar surface area (TPSA) is 41.6 Å². The Balaban J connectivity index is 2.40. The van der Waals surface area contributed by atoms with Gasteiger partial charge in [-0.15, -0.1) is 0 Å². The molecule has 1 fully saturated rings. The van der Waals surface area contributed by atoms with Crippen molar-refractivity contribution in [1.82, 2.24) is 10.2 Å². The van der Waals surface area contributed by atoms with E-state index in [1.807, 2.05) is 4.90 Å². The van der Waals surface area contributed by atoms with Crippen LogP contribution < -0.4 is 5.32 Å². The Morgan fingerprint density at radius 3 is 2.52 bits per heavy atom. The summed E-state index contributed by atoms with van der Waals surface area (Å²) in [6, 6.07) is 0.0276. The second kappa shape index (κ2) is 10.2. The molecular formula is C17H34N2O2. The molecule has 0 radical (unpaired) electrons. The molecule has 1 heterocycles. The number of nitrogens with one attached hydrogen (secondary N) is 1. The largest absolute Gasteiger partial charge is 0.381 e. The van der Waals surface area contributed by atoms with Crippen molar-refractivity contribution in [2.75, 3.05) is 19.8 Å². The van der Waals surface area contributed by atoms with Gasteiger partial charge in [0.1, 0.15) is 0 Å². The molecule has 0 aromatic rings. The molecule has 1 saturated heterocycles. The summed E-state index contributed by atoms with van der Waals surface area (Å²) in [4.78, 5) is 14.5. The van der Waals surface area contributed by atoms with Crippen molar-refractivity contribution in [3.8, 4) is 0 Å². The third-order valence-corrected chi connectivity index (χ3v) is 3.95. The number of carbonyl (C=O) groups excluding carboxylic acids is 1. The lowest BCUT2D eigenvalue weighted by Crippen LogP contribution is -2.39. The number of unbranched alkanes of at least 4 members (excludes halogenated alkanes) is 1. The summed E-state index contributed by atoms with van der Waals surface area (Å²) in [6.45, 7) is 11.2. The minimum atomic E-state index is 0.0276. The van der Waals surface area contributed by atoms with E-state index in [9.17, 15) is 4.79 Å². The Hall–Kier alpha value is -0.610. The number of hydrogen-bond acceptors (Lipinski definition) is 3.